The molecule has 1 aliphatic heterocycles. The number of rotatable bonds is 4. The highest BCUT2D eigenvalue weighted by molar-refractivity contribution is 7.13. The third-order valence-electron chi connectivity index (χ3n) is 5.51. The summed E-state index contributed by atoms with van der Waals surface area (Å²) in [6, 6.07) is 12.9. The number of urea groups is 1. The van der Waals surface area contributed by atoms with Gasteiger partial charge in [-0.15, -0.1) is 10.2 Å². The van der Waals surface area contributed by atoms with Crippen LogP contribution in [0.2, 0.25) is 5.02 Å². The zero-order valence-corrected chi connectivity index (χ0v) is 19.5. The maximum Gasteiger partial charge on any atom is 0.321 e. The Hall–Kier alpha value is -2.97. The van der Waals surface area contributed by atoms with Crippen LogP contribution in [0.15, 0.2) is 42.5 Å². The minimum absolute atomic E-state index is 0.0496. The lowest BCUT2D eigenvalue weighted by Crippen LogP contribution is -2.41. The standard InChI is InChI=1S/C23H24ClN5O2S/c1-14-9-10-17(12-18(14)24)25-23(31)29-11-5-7-16(13-29)21-27-28-22(32-21)20(30)26-19-8-4-3-6-15(19)2/h3-4,6,8-10,12,16H,5,7,11,13H2,1-2H3,(H,25,31)(H,26,30)/t16-/m1/s1. The van der Waals surface area contributed by atoms with Crippen LogP contribution in [0.4, 0.5) is 16.2 Å². The Balaban J connectivity index is 1.39. The first-order valence-corrected chi connectivity index (χ1v) is 11.6. The summed E-state index contributed by atoms with van der Waals surface area (Å²) in [5.41, 5.74) is 3.36. The van der Waals surface area contributed by atoms with E-state index in [1.54, 1.807) is 11.0 Å². The molecular weight excluding hydrogens is 446 g/mol. The fraction of sp³-hybridized carbons (Fsp3) is 0.304. The lowest BCUT2D eigenvalue weighted by atomic mass is 9.99. The summed E-state index contributed by atoms with van der Waals surface area (Å²) in [5.74, 6) is -0.224. The van der Waals surface area contributed by atoms with Crippen LogP contribution < -0.4 is 10.6 Å². The quantitative estimate of drug-likeness (QED) is 0.530. The van der Waals surface area contributed by atoms with E-state index < -0.39 is 0 Å². The van der Waals surface area contributed by atoms with Crippen LogP contribution in [0, 0.1) is 13.8 Å². The molecule has 1 aromatic heterocycles. The molecule has 1 aliphatic rings. The van der Waals surface area contributed by atoms with E-state index in [2.05, 4.69) is 20.8 Å². The van der Waals surface area contributed by atoms with Crippen molar-refractivity contribution in [3.05, 3.63) is 68.6 Å². The summed E-state index contributed by atoms with van der Waals surface area (Å²) >= 11 is 7.45. The molecule has 2 N–H and O–H groups in total. The van der Waals surface area contributed by atoms with Crippen molar-refractivity contribution >= 4 is 46.3 Å². The molecule has 32 heavy (non-hydrogen) atoms. The molecule has 0 radical (unpaired) electrons. The van der Waals surface area contributed by atoms with Gasteiger partial charge in [-0.2, -0.15) is 0 Å². The molecule has 4 rings (SSSR count). The van der Waals surface area contributed by atoms with E-state index in [0.717, 1.165) is 34.7 Å². The Labute approximate surface area is 195 Å². The summed E-state index contributed by atoms with van der Waals surface area (Å²) in [7, 11) is 0. The van der Waals surface area contributed by atoms with E-state index in [4.69, 9.17) is 11.6 Å². The van der Waals surface area contributed by atoms with Gasteiger partial charge in [0.25, 0.3) is 5.91 Å². The van der Waals surface area contributed by atoms with E-state index in [-0.39, 0.29) is 17.9 Å². The number of hydrogen-bond donors (Lipinski definition) is 2. The molecule has 2 heterocycles. The van der Waals surface area contributed by atoms with Crippen molar-refractivity contribution in [2.75, 3.05) is 23.7 Å². The molecule has 9 heteroatoms. The first-order valence-electron chi connectivity index (χ1n) is 10.4. The minimum Gasteiger partial charge on any atom is -0.324 e. The van der Waals surface area contributed by atoms with Gasteiger partial charge in [-0.05, 0) is 56.0 Å². The summed E-state index contributed by atoms with van der Waals surface area (Å²) in [6.45, 7) is 5.05. The van der Waals surface area contributed by atoms with Gasteiger partial charge in [0.15, 0.2) is 0 Å². The molecule has 0 saturated carbocycles. The number of amides is 3. The van der Waals surface area contributed by atoms with Crippen LogP contribution in [0.25, 0.3) is 0 Å². The Bertz CT molecular complexity index is 1150. The molecule has 3 amide bonds. The highest BCUT2D eigenvalue weighted by Crippen LogP contribution is 2.30. The molecule has 1 saturated heterocycles. The van der Waals surface area contributed by atoms with Gasteiger partial charge < -0.3 is 15.5 Å². The molecule has 7 nitrogen and oxygen atoms in total. The Kier molecular flexibility index (Phi) is 6.72. The van der Waals surface area contributed by atoms with Crippen LogP contribution in [0.5, 0.6) is 0 Å². The number of nitrogens with zero attached hydrogens (tertiary/aromatic N) is 3. The molecular formula is C23H24ClN5O2S. The van der Waals surface area contributed by atoms with Crippen molar-refractivity contribution in [3.63, 3.8) is 0 Å². The van der Waals surface area contributed by atoms with Gasteiger partial charge >= 0.3 is 6.03 Å². The van der Waals surface area contributed by atoms with E-state index in [1.165, 1.54) is 11.3 Å². The van der Waals surface area contributed by atoms with Gasteiger partial charge in [0, 0.05) is 35.4 Å². The molecule has 1 fully saturated rings. The van der Waals surface area contributed by atoms with Crippen LogP contribution in [0.3, 0.4) is 0 Å². The smallest absolute Gasteiger partial charge is 0.321 e. The maximum atomic E-state index is 12.8. The molecule has 2 aromatic carbocycles. The van der Waals surface area contributed by atoms with Crippen LogP contribution in [-0.2, 0) is 0 Å². The van der Waals surface area contributed by atoms with Gasteiger partial charge in [0.05, 0.1) is 0 Å². The average molecular weight is 470 g/mol. The predicted molar refractivity (Wildman–Crippen MR) is 128 cm³/mol. The van der Waals surface area contributed by atoms with E-state index in [1.807, 2.05) is 50.2 Å². The molecule has 1 atom stereocenters. The van der Waals surface area contributed by atoms with Crippen molar-refractivity contribution in [3.8, 4) is 0 Å². The van der Waals surface area contributed by atoms with Crippen molar-refractivity contribution < 1.29 is 9.59 Å². The van der Waals surface area contributed by atoms with E-state index >= 15 is 0 Å². The third kappa shape index (κ3) is 5.08. The number of likely N-dealkylation sites (tertiary alicyclic amines) is 1. The number of benzene rings is 2. The predicted octanol–water partition coefficient (Wildman–Crippen LogP) is 5.47. The van der Waals surface area contributed by atoms with Crippen molar-refractivity contribution in [1.29, 1.82) is 0 Å². The lowest BCUT2D eigenvalue weighted by molar-refractivity contribution is 0.102. The number of anilines is 2. The third-order valence-corrected chi connectivity index (χ3v) is 7.00. The topological polar surface area (TPSA) is 87.2 Å². The van der Waals surface area contributed by atoms with Gasteiger partial charge in [-0.3, -0.25) is 4.79 Å². The number of halogens is 1. The fourth-order valence-corrected chi connectivity index (χ4v) is 4.66. The fourth-order valence-electron chi connectivity index (χ4n) is 3.62. The zero-order chi connectivity index (χ0) is 22.7. The van der Waals surface area contributed by atoms with Crippen molar-refractivity contribution in [1.82, 2.24) is 15.1 Å². The van der Waals surface area contributed by atoms with E-state index in [0.29, 0.717) is 28.8 Å². The number of nitrogens with one attached hydrogen (secondary N) is 2. The molecule has 0 unspecified atom stereocenters. The van der Waals surface area contributed by atoms with Crippen LogP contribution >= 0.6 is 22.9 Å². The summed E-state index contributed by atoms with van der Waals surface area (Å²) in [6.07, 6.45) is 1.76. The van der Waals surface area contributed by atoms with E-state index in [9.17, 15) is 9.59 Å². The van der Waals surface area contributed by atoms with Gasteiger partial charge in [-0.1, -0.05) is 47.2 Å². The number of hydrogen-bond acceptors (Lipinski definition) is 5. The summed E-state index contributed by atoms with van der Waals surface area (Å²) in [5, 5.41) is 15.9. The Morgan fingerprint density at radius 1 is 1.09 bits per heavy atom. The molecule has 166 valence electrons. The number of aryl methyl sites for hydroxylation is 2. The number of aromatic nitrogens is 2. The molecule has 0 aliphatic carbocycles. The molecule has 3 aromatic rings. The van der Waals surface area contributed by atoms with Gasteiger partial charge in [0.2, 0.25) is 5.01 Å². The number of para-hydroxylation sites is 1. The lowest BCUT2D eigenvalue weighted by Gasteiger charge is -2.31. The number of carbonyl (C=O) groups is 2. The normalized spacial score (nSPS) is 16.0. The Morgan fingerprint density at radius 2 is 1.91 bits per heavy atom. The summed E-state index contributed by atoms with van der Waals surface area (Å²) in [4.78, 5) is 27.1. The maximum absolute atomic E-state index is 12.8. The van der Waals surface area contributed by atoms with Gasteiger partial charge in [-0.25, -0.2) is 4.79 Å². The number of piperidine rings is 1. The van der Waals surface area contributed by atoms with Gasteiger partial charge in [0.1, 0.15) is 5.01 Å². The molecule has 0 bridgehead atoms. The zero-order valence-electron chi connectivity index (χ0n) is 17.9. The van der Waals surface area contributed by atoms with Crippen molar-refractivity contribution in [2.24, 2.45) is 0 Å². The first kappa shape index (κ1) is 22.2. The summed E-state index contributed by atoms with van der Waals surface area (Å²) < 4.78 is 0. The SMILES string of the molecule is Cc1ccc(NC(=O)N2CCC[C@@H](c3nnc(C(=O)Nc4ccccc4C)s3)C2)cc1Cl. The minimum atomic E-state index is -0.273. The second-order valence-corrected chi connectivity index (χ2v) is 9.31. The molecule has 0 spiro atoms. The number of carbonyl (C=O) groups excluding carboxylic acids is 2. The second-order valence-electron chi connectivity index (χ2n) is 7.89. The highest BCUT2D eigenvalue weighted by Gasteiger charge is 2.28. The first-order chi connectivity index (χ1) is 15.4. The average Bonchev–Trinajstić information content (AvgIpc) is 3.28. The Morgan fingerprint density at radius 3 is 2.69 bits per heavy atom. The largest absolute Gasteiger partial charge is 0.324 e. The van der Waals surface area contributed by atoms with Crippen LogP contribution in [0.1, 0.15) is 44.7 Å². The van der Waals surface area contributed by atoms with Crippen molar-refractivity contribution in [2.45, 2.75) is 32.6 Å². The van der Waals surface area contributed by atoms with Crippen LogP contribution in [-0.4, -0.2) is 40.1 Å². The highest BCUT2D eigenvalue weighted by atomic mass is 35.5. The monoisotopic (exact) mass is 469 g/mol. The second kappa shape index (κ2) is 9.67.